The van der Waals surface area contributed by atoms with E-state index < -0.39 is 0 Å². The molecule has 4 heteroatoms. The normalized spacial score (nSPS) is 10.1. The molecule has 0 aliphatic carbocycles. The summed E-state index contributed by atoms with van der Waals surface area (Å²) in [5, 5.41) is 9.53. The number of ketones is 1. The number of halogens is 1. The second-order valence-electron chi connectivity index (χ2n) is 3.12. The number of carbonyl (C=O) groups is 1. The summed E-state index contributed by atoms with van der Waals surface area (Å²) in [7, 11) is 0. The van der Waals surface area contributed by atoms with E-state index in [0.29, 0.717) is 23.5 Å². The highest BCUT2D eigenvalue weighted by Gasteiger charge is 2.12. The van der Waals surface area contributed by atoms with E-state index in [1.165, 1.54) is 12.1 Å². The summed E-state index contributed by atoms with van der Waals surface area (Å²) in [4.78, 5) is 11.4. The summed E-state index contributed by atoms with van der Waals surface area (Å²) >= 11 is 5.47. The minimum Gasteiger partial charge on any atom is -0.504 e. The second-order valence-corrected chi connectivity index (χ2v) is 3.39. The van der Waals surface area contributed by atoms with E-state index in [-0.39, 0.29) is 17.4 Å². The maximum absolute atomic E-state index is 11.4. The maximum Gasteiger partial charge on any atom is 0.177 e. The van der Waals surface area contributed by atoms with Crippen molar-refractivity contribution in [1.82, 2.24) is 0 Å². The van der Waals surface area contributed by atoms with Gasteiger partial charge in [-0.25, -0.2) is 0 Å². The Hall–Kier alpha value is -1.22. The van der Waals surface area contributed by atoms with Gasteiger partial charge in [-0.1, -0.05) is 0 Å². The molecule has 0 aliphatic rings. The van der Waals surface area contributed by atoms with Crippen LogP contribution in [0.2, 0.25) is 0 Å². The number of aryl methyl sites for hydroxylation is 1. The number of alkyl halides is 1. The van der Waals surface area contributed by atoms with Crippen LogP contribution in [0.25, 0.3) is 0 Å². The molecule has 0 bridgehead atoms. The van der Waals surface area contributed by atoms with Gasteiger partial charge in [0.05, 0.1) is 12.5 Å². The molecule has 0 radical (unpaired) electrons. The van der Waals surface area contributed by atoms with Gasteiger partial charge in [0.2, 0.25) is 0 Å². The van der Waals surface area contributed by atoms with Gasteiger partial charge in [-0.15, -0.1) is 11.6 Å². The number of hydrogen-bond acceptors (Lipinski definition) is 3. The van der Waals surface area contributed by atoms with Gasteiger partial charge in [-0.2, -0.15) is 0 Å². The van der Waals surface area contributed by atoms with Crippen LogP contribution in [0.3, 0.4) is 0 Å². The molecule has 0 aliphatic heterocycles. The summed E-state index contributed by atoms with van der Waals surface area (Å²) in [6.07, 6.45) is 0. The number of ether oxygens (including phenoxy) is 1. The summed E-state index contributed by atoms with van der Waals surface area (Å²) in [5.74, 6) is 0.115. The van der Waals surface area contributed by atoms with E-state index >= 15 is 0 Å². The zero-order valence-corrected chi connectivity index (χ0v) is 9.47. The van der Waals surface area contributed by atoms with Gasteiger partial charge >= 0.3 is 0 Å². The Morgan fingerprint density at radius 3 is 2.73 bits per heavy atom. The lowest BCUT2D eigenvalue weighted by molar-refractivity contribution is 0.102. The molecule has 15 heavy (non-hydrogen) atoms. The number of hydrogen-bond donors (Lipinski definition) is 1. The van der Waals surface area contributed by atoms with Crippen LogP contribution in [-0.4, -0.2) is 23.4 Å². The fraction of sp³-hybridized carbons (Fsp3) is 0.364. The molecule has 1 N–H and O–H groups in total. The van der Waals surface area contributed by atoms with Gasteiger partial charge < -0.3 is 9.84 Å². The number of Topliss-reactive ketones (excluding diaryl/α,β-unsaturated/α-hetero) is 1. The lowest BCUT2D eigenvalue weighted by Gasteiger charge is -2.09. The van der Waals surface area contributed by atoms with Gasteiger partial charge in [-0.05, 0) is 31.5 Å². The molecule has 0 saturated carbocycles. The van der Waals surface area contributed by atoms with Crippen molar-refractivity contribution in [3.8, 4) is 11.5 Å². The monoisotopic (exact) mass is 228 g/mol. The van der Waals surface area contributed by atoms with Crippen LogP contribution in [0.15, 0.2) is 12.1 Å². The van der Waals surface area contributed by atoms with E-state index in [4.69, 9.17) is 16.3 Å². The average molecular weight is 229 g/mol. The molecule has 0 spiro atoms. The quantitative estimate of drug-likeness (QED) is 0.636. The number of rotatable bonds is 4. The van der Waals surface area contributed by atoms with Crippen molar-refractivity contribution in [2.24, 2.45) is 0 Å². The zero-order chi connectivity index (χ0) is 11.4. The topological polar surface area (TPSA) is 46.5 Å². The largest absolute Gasteiger partial charge is 0.504 e. The smallest absolute Gasteiger partial charge is 0.177 e. The van der Waals surface area contributed by atoms with E-state index in [1.54, 1.807) is 6.92 Å². The molecule has 0 amide bonds. The SMILES string of the molecule is CCOc1cc(C(=O)CCl)c(C)cc1O. The third kappa shape index (κ3) is 2.63. The van der Waals surface area contributed by atoms with Crippen molar-refractivity contribution in [3.63, 3.8) is 0 Å². The Bertz CT molecular complexity index is 374. The Morgan fingerprint density at radius 2 is 2.20 bits per heavy atom. The van der Waals surface area contributed by atoms with Gasteiger partial charge in [0.25, 0.3) is 0 Å². The van der Waals surface area contributed by atoms with Crippen LogP contribution in [0.1, 0.15) is 22.8 Å². The fourth-order valence-corrected chi connectivity index (χ4v) is 1.46. The third-order valence-corrected chi connectivity index (χ3v) is 2.27. The first kappa shape index (κ1) is 11.9. The fourth-order valence-electron chi connectivity index (χ4n) is 1.32. The van der Waals surface area contributed by atoms with Gasteiger partial charge in [-0.3, -0.25) is 4.79 Å². The molecule has 82 valence electrons. The minimum absolute atomic E-state index is 0.0421. The number of carbonyl (C=O) groups excluding carboxylic acids is 1. The Labute approximate surface area is 93.6 Å². The predicted molar refractivity (Wildman–Crippen MR) is 59.1 cm³/mol. The van der Waals surface area contributed by atoms with Crippen LogP contribution in [0.4, 0.5) is 0 Å². The first-order valence-corrected chi connectivity index (χ1v) is 5.19. The maximum atomic E-state index is 11.4. The van der Waals surface area contributed by atoms with E-state index in [9.17, 15) is 9.90 Å². The summed E-state index contributed by atoms with van der Waals surface area (Å²) in [6, 6.07) is 3.03. The van der Waals surface area contributed by atoms with Crippen LogP contribution < -0.4 is 4.74 Å². The zero-order valence-electron chi connectivity index (χ0n) is 8.71. The molecular weight excluding hydrogens is 216 g/mol. The Kier molecular flexibility index (Phi) is 3.97. The van der Waals surface area contributed by atoms with E-state index in [1.807, 2.05) is 6.92 Å². The summed E-state index contributed by atoms with van der Waals surface area (Å²) in [6.45, 7) is 3.99. The van der Waals surface area contributed by atoms with Crippen molar-refractivity contribution in [2.45, 2.75) is 13.8 Å². The number of benzene rings is 1. The second kappa shape index (κ2) is 5.03. The van der Waals surface area contributed by atoms with Gasteiger partial charge in [0.1, 0.15) is 0 Å². The molecule has 3 nitrogen and oxygen atoms in total. The van der Waals surface area contributed by atoms with Crippen LogP contribution in [-0.2, 0) is 0 Å². The van der Waals surface area contributed by atoms with Crippen molar-refractivity contribution in [2.75, 3.05) is 12.5 Å². The van der Waals surface area contributed by atoms with E-state index in [2.05, 4.69) is 0 Å². The highest BCUT2D eigenvalue weighted by atomic mass is 35.5. The molecular formula is C11H13ClO3. The lowest BCUT2D eigenvalue weighted by Crippen LogP contribution is -2.04. The van der Waals surface area contributed by atoms with Crippen LogP contribution in [0.5, 0.6) is 11.5 Å². The third-order valence-electron chi connectivity index (χ3n) is 2.03. The molecule has 0 heterocycles. The predicted octanol–water partition coefficient (Wildman–Crippen LogP) is 2.52. The Morgan fingerprint density at radius 1 is 1.53 bits per heavy atom. The molecule has 1 aromatic rings. The number of phenolic OH excluding ortho intramolecular Hbond substituents is 1. The van der Waals surface area contributed by atoms with Crippen LogP contribution >= 0.6 is 11.6 Å². The highest BCUT2D eigenvalue weighted by Crippen LogP contribution is 2.29. The summed E-state index contributed by atoms with van der Waals surface area (Å²) < 4.78 is 5.18. The molecule has 0 fully saturated rings. The Balaban J connectivity index is 3.17. The van der Waals surface area contributed by atoms with Gasteiger partial charge in [0, 0.05) is 5.56 Å². The lowest BCUT2D eigenvalue weighted by atomic mass is 10.0. The highest BCUT2D eigenvalue weighted by molar-refractivity contribution is 6.30. The number of phenols is 1. The molecule has 0 unspecified atom stereocenters. The summed E-state index contributed by atoms with van der Waals surface area (Å²) in [5.41, 5.74) is 1.19. The standard InChI is InChI=1S/C11H13ClO3/c1-3-15-11-5-8(10(14)6-12)7(2)4-9(11)13/h4-5,13H,3,6H2,1-2H3. The molecule has 0 aromatic heterocycles. The van der Waals surface area contributed by atoms with Crippen molar-refractivity contribution in [3.05, 3.63) is 23.3 Å². The van der Waals surface area contributed by atoms with E-state index in [0.717, 1.165) is 0 Å². The number of aromatic hydroxyl groups is 1. The molecule has 1 rings (SSSR count). The first-order chi connectivity index (χ1) is 7.10. The van der Waals surface area contributed by atoms with Crippen molar-refractivity contribution < 1.29 is 14.6 Å². The molecule has 0 atom stereocenters. The first-order valence-electron chi connectivity index (χ1n) is 4.65. The van der Waals surface area contributed by atoms with Crippen molar-refractivity contribution >= 4 is 17.4 Å². The van der Waals surface area contributed by atoms with Gasteiger partial charge in [0.15, 0.2) is 17.3 Å². The van der Waals surface area contributed by atoms with Crippen LogP contribution in [0, 0.1) is 6.92 Å². The van der Waals surface area contributed by atoms with Crippen molar-refractivity contribution in [1.29, 1.82) is 0 Å². The molecule has 0 saturated heterocycles. The minimum atomic E-state index is -0.171. The molecule has 1 aromatic carbocycles. The average Bonchev–Trinajstić information content (AvgIpc) is 2.21.